The molecular formula is C14H15F3N2O2. The van der Waals surface area contributed by atoms with E-state index in [0.29, 0.717) is 11.3 Å². The van der Waals surface area contributed by atoms with Crippen molar-refractivity contribution < 1.29 is 22.8 Å². The molecule has 7 heteroatoms. The van der Waals surface area contributed by atoms with Crippen molar-refractivity contribution in [2.24, 2.45) is 5.92 Å². The fourth-order valence-corrected chi connectivity index (χ4v) is 1.98. The standard InChI is InChI=1S/C14H15F3N2O2/c15-14(16,17)8-18-13(21)19-11-6-4-10(5-7-11)12(20)9-2-1-3-9/h4-7,9H,1-3,8H2,(H2,18,19,21). The van der Waals surface area contributed by atoms with Crippen LogP contribution in [0, 0.1) is 5.92 Å². The van der Waals surface area contributed by atoms with Gasteiger partial charge < -0.3 is 10.6 Å². The number of nitrogens with one attached hydrogen (secondary N) is 2. The largest absolute Gasteiger partial charge is 0.405 e. The van der Waals surface area contributed by atoms with Crippen molar-refractivity contribution in [1.29, 1.82) is 0 Å². The van der Waals surface area contributed by atoms with Crippen LogP contribution in [-0.2, 0) is 0 Å². The van der Waals surface area contributed by atoms with Crippen LogP contribution in [0.2, 0.25) is 0 Å². The zero-order chi connectivity index (χ0) is 15.5. The summed E-state index contributed by atoms with van der Waals surface area (Å²) < 4.78 is 35.8. The average Bonchev–Trinajstić information content (AvgIpc) is 2.34. The molecule has 4 nitrogen and oxygen atoms in total. The number of amides is 2. The van der Waals surface area contributed by atoms with Crippen LogP contribution in [0.25, 0.3) is 0 Å². The number of hydrogen-bond donors (Lipinski definition) is 2. The zero-order valence-corrected chi connectivity index (χ0v) is 11.2. The summed E-state index contributed by atoms with van der Waals surface area (Å²) in [7, 11) is 0. The Balaban J connectivity index is 1.87. The molecule has 0 saturated heterocycles. The second kappa shape index (κ2) is 6.15. The molecule has 0 aromatic heterocycles. The van der Waals surface area contributed by atoms with Gasteiger partial charge in [-0.05, 0) is 37.1 Å². The maximum atomic E-state index is 11.9. The first-order valence-corrected chi connectivity index (χ1v) is 6.61. The molecule has 114 valence electrons. The van der Waals surface area contributed by atoms with Crippen LogP contribution < -0.4 is 10.6 Å². The Kier molecular flexibility index (Phi) is 4.50. The second-order valence-electron chi connectivity index (χ2n) is 4.99. The van der Waals surface area contributed by atoms with Crippen molar-refractivity contribution in [3.05, 3.63) is 29.8 Å². The molecule has 2 amide bonds. The van der Waals surface area contributed by atoms with Crippen LogP contribution in [-0.4, -0.2) is 24.5 Å². The number of urea groups is 1. The number of Topliss-reactive ketones (excluding diaryl/α,β-unsaturated/α-hetero) is 1. The van der Waals surface area contributed by atoms with Crippen molar-refractivity contribution in [1.82, 2.24) is 5.32 Å². The fraction of sp³-hybridized carbons (Fsp3) is 0.429. The van der Waals surface area contributed by atoms with Gasteiger partial charge in [-0.2, -0.15) is 13.2 Å². The van der Waals surface area contributed by atoms with E-state index in [2.05, 4.69) is 5.32 Å². The van der Waals surface area contributed by atoms with Gasteiger partial charge in [0.2, 0.25) is 0 Å². The lowest BCUT2D eigenvalue weighted by Gasteiger charge is -2.23. The van der Waals surface area contributed by atoms with E-state index in [4.69, 9.17) is 0 Å². The summed E-state index contributed by atoms with van der Waals surface area (Å²) in [6, 6.07) is 5.20. The lowest BCUT2D eigenvalue weighted by atomic mass is 9.80. The second-order valence-corrected chi connectivity index (χ2v) is 4.99. The molecule has 1 aliphatic carbocycles. The first kappa shape index (κ1) is 15.3. The van der Waals surface area contributed by atoms with Gasteiger partial charge in [0.05, 0.1) is 0 Å². The van der Waals surface area contributed by atoms with Gasteiger partial charge in [-0.15, -0.1) is 0 Å². The first-order valence-electron chi connectivity index (χ1n) is 6.61. The molecule has 0 radical (unpaired) electrons. The Morgan fingerprint density at radius 3 is 2.24 bits per heavy atom. The van der Waals surface area contributed by atoms with Gasteiger partial charge in [-0.25, -0.2) is 4.79 Å². The molecule has 1 aliphatic rings. The van der Waals surface area contributed by atoms with Gasteiger partial charge in [-0.1, -0.05) is 6.42 Å². The molecule has 1 fully saturated rings. The van der Waals surface area contributed by atoms with Gasteiger partial charge in [0.25, 0.3) is 0 Å². The molecule has 0 atom stereocenters. The third kappa shape index (κ3) is 4.47. The highest BCUT2D eigenvalue weighted by Gasteiger charge is 2.28. The number of anilines is 1. The predicted molar refractivity (Wildman–Crippen MR) is 71.2 cm³/mol. The monoisotopic (exact) mass is 300 g/mol. The Morgan fingerprint density at radius 2 is 1.76 bits per heavy atom. The van der Waals surface area contributed by atoms with Crippen LogP contribution in [0.15, 0.2) is 24.3 Å². The first-order chi connectivity index (χ1) is 9.85. The normalized spacial score (nSPS) is 15.2. The van der Waals surface area contributed by atoms with Crippen LogP contribution in [0.5, 0.6) is 0 Å². The SMILES string of the molecule is O=C(NCC(F)(F)F)Nc1ccc(C(=O)C2CCC2)cc1. The molecule has 1 aromatic rings. The van der Waals surface area contributed by atoms with E-state index in [9.17, 15) is 22.8 Å². The summed E-state index contributed by atoms with van der Waals surface area (Å²) in [5.74, 6) is 0.160. The minimum absolute atomic E-state index is 0.0781. The molecule has 1 aromatic carbocycles. The van der Waals surface area contributed by atoms with E-state index >= 15 is 0 Å². The maximum absolute atomic E-state index is 11.9. The van der Waals surface area contributed by atoms with Gasteiger partial charge in [0.15, 0.2) is 5.78 Å². The predicted octanol–water partition coefficient (Wildman–Crippen LogP) is 3.35. The number of halogens is 3. The topological polar surface area (TPSA) is 58.2 Å². The van der Waals surface area contributed by atoms with Crippen LogP contribution >= 0.6 is 0 Å². The van der Waals surface area contributed by atoms with Gasteiger partial charge >= 0.3 is 12.2 Å². The Morgan fingerprint density at radius 1 is 1.14 bits per heavy atom. The minimum Gasteiger partial charge on any atom is -0.329 e. The molecule has 2 N–H and O–H groups in total. The van der Waals surface area contributed by atoms with Crippen molar-refractivity contribution in [2.45, 2.75) is 25.4 Å². The molecule has 0 unspecified atom stereocenters. The highest BCUT2D eigenvalue weighted by molar-refractivity contribution is 5.99. The molecule has 0 aliphatic heterocycles. The molecule has 1 saturated carbocycles. The molecule has 0 heterocycles. The maximum Gasteiger partial charge on any atom is 0.405 e. The number of hydrogen-bond acceptors (Lipinski definition) is 2. The summed E-state index contributed by atoms with van der Waals surface area (Å²) in [6.07, 6.45) is -1.58. The quantitative estimate of drug-likeness (QED) is 0.838. The lowest BCUT2D eigenvalue weighted by molar-refractivity contribution is -0.122. The zero-order valence-electron chi connectivity index (χ0n) is 11.2. The lowest BCUT2D eigenvalue weighted by Crippen LogP contribution is -2.36. The summed E-state index contributed by atoms with van der Waals surface area (Å²) in [5, 5.41) is 3.98. The van der Waals surface area contributed by atoms with E-state index in [-0.39, 0.29) is 11.7 Å². The minimum atomic E-state index is -4.45. The highest BCUT2D eigenvalue weighted by Crippen LogP contribution is 2.30. The van der Waals surface area contributed by atoms with E-state index in [1.54, 1.807) is 17.4 Å². The van der Waals surface area contributed by atoms with Crippen LogP contribution in [0.3, 0.4) is 0 Å². The number of rotatable bonds is 4. The molecule has 0 spiro atoms. The third-order valence-corrected chi connectivity index (χ3v) is 3.35. The molecule has 21 heavy (non-hydrogen) atoms. The van der Waals surface area contributed by atoms with Gasteiger partial charge in [-0.3, -0.25) is 4.79 Å². The summed E-state index contributed by atoms with van der Waals surface area (Å²) in [5.41, 5.74) is 0.890. The van der Waals surface area contributed by atoms with E-state index < -0.39 is 18.8 Å². The van der Waals surface area contributed by atoms with E-state index in [0.717, 1.165) is 19.3 Å². The smallest absolute Gasteiger partial charge is 0.329 e. The van der Waals surface area contributed by atoms with Crippen LogP contribution in [0.4, 0.5) is 23.7 Å². The summed E-state index contributed by atoms with van der Waals surface area (Å²) in [4.78, 5) is 23.2. The Bertz CT molecular complexity index is 522. The summed E-state index contributed by atoms with van der Waals surface area (Å²) >= 11 is 0. The van der Waals surface area contributed by atoms with Gasteiger partial charge in [0, 0.05) is 17.2 Å². The Hall–Kier alpha value is -2.05. The van der Waals surface area contributed by atoms with Crippen molar-refractivity contribution in [2.75, 3.05) is 11.9 Å². The Labute approximate surface area is 119 Å². The number of ketones is 1. The average molecular weight is 300 g/mol. The van der Waals surface area contributed by atoms with Crippen molar-refractivity contribution in [3.63, 3.8) is 0 Å². The number of alkyl halides is 3. The number of benzene rings is 1. The summed E-state index contributed by atoms with van der Waals surface area (Å²) in [6.45, 7) is -1.39. The number of carbonyl (C=O) groups excluding carboxylic acids is 2. The fourth-order valence-electron chi connectivity index (χ4n) is 1.98. The molecule has 0 bridgehead atoms. The molecular weight excluding hydrogens is 285 g/mol. The van der Waals surface area contributed by atoms with Crippen LogP contribution in [0.1, 0.15) is 29.6 Å². The van der Waals surface area contributed by atoms with Crippen molar-refractivity contribution >= 4 is 17.5 Å². The van der Waals surface area contributed by atoms with E-state index in [1.165, 1.54) is 12.1 Å². The molecule has 2 rings (SSSR count). The van der Waals surface area contributed by atoms with Gasteiger partial charge in [0.1, 0.15) is 6.54 Å². The third-order valence-electron chi connectivity index (χ3n) is 3.35. The van der Waals surface area contributed by atoms with Crippen molar-refractivity contribution in [3.8, 4) is 0 Å². The van der Waals surface area contributed by atoms with E-state index in [1.807, 2.05) is 0 Å². The number of carbonyl (C=O) groups is 2. The highest BCUT2D eigenvalue weighted by atomic mass is 19.4.